The highest BCUT2D eigenvalue weighted by molar-refractivity contribution is 7.98. The van der Waals surface area contributed by atoms with Gasteiger partial charge >= 0.3 is 0 Å². The Morgan fingerprint density at radius 3 is 2.38 bits per heavy atom. The predicted octanol–water partition coefficient (Wildman–Crippen LogP) is 4.09. The fourth-order valence-corrected chi connectivity index (χ4v) is 5.74. The molecule has 1 aromatic heterocycles. The average Bonchev–Trinajstić information content (AvgIpc) is 3.20. The van der Waals surface area contributed by atoms with Crippen molar-refractivity contribution in [2.45, 2.75) is 22.6 Å². The standard InChI is InChI=1S/C21H19N5O3S3/c1-30-16-6-9-18-19(14-16)31-21(24-18)25-20(27)15-4-7-17(8-5-15)32(28,29)26(12-2-10-22)13-3-11-23/h4-9,14H,2-3,12-13H2,1H3,(H,24,25,27). The zero-order valence-electron chi connectivity index (χ0n) is 17.1. The molecular weight excluding hydrogens is 466 g/mol. The third-order valence-electron chi connectivity index (χ3n) is 4.52. The number of nitrogens with zero attached hydrogens (tertiary/aromatic N) is 4. The lowest BCUT2D eigenvalue weighted by atomic mass is 10.2. The molecule has 32 heavy (non-hydrogen) atoms. The van der Waals surface area contributed by atoms with Gasteiger partial charge in [0.25, 0.3) is 5.91 Å². The monoisotopic (exact) mass is 485 g/mol. The second-order valence-electron chi connectivity index (χ2n) is 6.55. The number of anilines is 1. The quantitative estimate of drug-likeness (QED) is 0.452. The number of carbonyl (C=O) groups is 1. The number of amides is 1. The van der Waals surface area contributed by atoms with Crippen molar-refractivity contribution in [1.29, 1.82) is 10.5 Å². The van der Waals surface area contributed by atoms with Crippen molar-refractivity contribution in [3.63, 3.8) is 0 Å². The molecule has 0 bridgehead atoms. The smallest absolute Gasteiger partial charge is 0.257 e. The first kappa shape index (κ1) is 23.7. The van der Waals surface area contributed by atoms with E-state index in [1.165, 1.54) is 35.6 Å². The Kier molecular flexibility index (Phi) is 7.83. The molecule has 0 aliphatic heterocycles. The van der Waals surface area contributed by atoms with Gasteiger partial charge in [-0.1, -0.05) is 11.3 Å². The zero-order valence-corrected chi connectivity index (χ0v) is 19.6. The minimum Gasteiger partial charge on any atom is -0.298 e. The van der Waals surface area contributed by atoms with E-state index in [-0.39, 0.29) is 36.4 Å². The number of carbonyl (C=O) groups excluding carboxylic acids is 1. The first-order valence-electron chi connectivity index (χ1n) is 9.49. The van der Waals surface area contributed by atoms with Crippen molar-refractivity contribution < 1.29 is 13.2 Å². The van der Waals surface area contributed by atoms with Gasteiger partial charge < -0.3 is 0 Å². The van der Waals surface area contributed by atoms with E-state index in [0.717, 1.165) is 19.4 Å². The number of nitrogens with one attached hydrogen (secondary N) is 1. The molecule has 0 aliphatic rings. The Hall–Kier alpha value is -2.96. The van der Waals surface area contributed by atoms with Crippen LogP contribution in [-0.4, -0.2) is 43.0 Å². The number of sulfonamides is 1. The molecule has 0 unspecified atom stereocenters. The Morgan fingerprint density at radius 1 is 1.12 bits per heavy atom. The first-order chi connectivity index (χ1) is 15.4. The highest BCUT2D eigenvalue weighted by Crippen LogP contribution is 2.29. The van der Waals surface area contributed by atoms with Crippen LogP contribution in [0.25, 0.3) is 10.2 Å². The van der Waals surface area contributed by atoms with Gasteiger partial charge in [0.1, 0.15) is 0 Å². The maximum Gasteiger partial charge on any atom is 0.257 e. The summed E-state index contributed by atoms with van der Waals surface area (Å²) in [6.07, 6.45) is 2.03. The lowest BCUT2D eigenvalue weighted by molar-refractivity contribution is 0.102. The molecule has 1 N–H and O–H groups in total. The zero-order chi connectivity index (χ0) is 23.1. The van der Waals surface area contributed by atoms with Crippen molar-refractivity contribution >= 4 is 54.4 Å². The summed E-state index contributed by atoms with van der Waals surface area (Å²) in [5.74, 6) is -0.399. The van der Waals surface area contributed by atoms with Crippen LogP contribution in [0.2, 0.25) is 0 Å². The van der Waals surface area contributed by atoms with Gasteiger partial charge in [-0.25, -0.2) is 13.4 Å². The maximum absolute atomic E-state index is 12.9. The van der Waals surface area contributed by atoms with Gasteiger partial charge in [0, 0.05) is 36.4 Å². The van der Waals surface area contributed by atoms with E-state index < -0.39 is 15.9 Å². The van der Waals surface area contributed by atoms with Crippen molar-refractivity contribution in [2.24, 2.45) is 0 Å². The minimum atomic E-state index is -3.88. The minimum absolute atomic E-state index is 0.00138. The van der Waals surface area contributed by atoms with E-state index in [1.807, 2.05) is 36.6 Å². The normalized spacial score (nSPS) is 11.2. The van der Waals surface area contributed by atoms with Crippen LogP contribution in [0.15, 0.2) is 52.3 Å². The molecule has 0 saturated carbocycles. The van der Waals surface area contributed by atoms with Gasteiger partial charge in [-0.15, -0.1) is 11.8 Å². The van der Waals surface area contributed by atoms with Crippen molar-refractivity contribution in [1.82, 2.24) is 9.29 Å². The van der Waals surface area contributed by atoms with Gasteiger partial charge in [0.05, 0.1) is 27.3 Å². The van der Waals surface area contributed by atoms with Gasteiger partial charge in [-0.3, -0.25) is 10.1 Å². The van der Waals surface area contributed by atoms with E-state index in [4.69, 9.17) is 10.5 Å². The van der Waals surface area contributed by atoms with Crippen molar-refractivity contribution in [2.75, 3.05) is 24.7 Å². The van der Waals surface area contributed by atoms with Gasteiger partial charge in [0.15, 0.2) is 5.13 Å². The number of rotatable bonds is 9. The highest BCUT2D eigenvalue weighted by Gasteiger charge is 2.24. The van der Waals surface area contributed by atoms with Gasteiger partial charge in [-0.2, -0.15) is 14.8 Å². The summed E-state index contributed by atoms with van der Waals surface area (Å²) in [6, 6.07) is 15.2. The van der Waals surface area contributed by atoms with E-state index in [0.29, 0.717) is 5.13 Å². The number of fused-ring (bicyclic) bond motifs is 1. The maximum atomic E-state index is 12.9. The van der Waals surface area contributed by atoms with Crippen LogP contribution in [0.1, 0.15) is 23.2 Å². The topological polar surface area (TPSA) is 127 Å². The Labute approximate surface area is 194 Å². The first-order valence-corrected chi connectivity index (χ1v) is 13.0. The van der Waals surface area contributed by atoms with E-state index in [2.05, 4.69) is 10.3 Å². The number of benzene rings is 2. The summed E-state index contributed by atoms with van der Waals surface area (Å²) < 4.78 is 27.8. The summed E-state index contributed by atoms with van der Waals surface area (Å²) in [5.41, 5.74) is 1.08. The Balaban J connectivity index is 1.76. The van der Waals surface area contributed by atoms with Gasteiger partial charge in [-0.05, 0) is 48.7 Å². The second-order valence-corrected chi connectivity index (χ2v) is 10.4. The molecule has 0 radical (unpaired) electrons. The molecular formula is C21H19N5O3S3. The molecule has 0 saturated heterocycles. The van der Waals surface area contributed by atoms with Crippen LogP contribution < -0.4 is 5.32 Å². The SMILES string of the molecule is CSc1ccc2nc(NC(=O)c3ccc(S(=O)(=O)N(CCC#N)CCC#N)cc3)sc2c1. The molecule has 164 valence electrons. The highest BCUT2D eigenvalue weighted by atomic mass is 32.2. The molecule has 0 fully saturated rings. The summed E-state index contributed by atoms with van der Waals surface area (Å²) in [7, 11) is -3.88. The van der Waals surface area contributed by atoms with Crippen molar-refractivity contribution in [3.8, 4) is 12.1 Å². The molecule has 1 heterocycles. The van der Waals surface area contributed by atoms with E-state index >= 15 is 0 Å². The molecule has 0 atom stereocenters. The van der Waals surface area contributed by atoms with E-state index in [9.17, 15) is 13.2 Å². The van der Waals surface area contributed by atoms with Crippen LogP contribution in [0, 0.1) is 22.7 Å². The average molecular weight is 486 g/mol. The predicted molar refractivity (Wildman–Crippen MR) is 125 cm³/mol. The molecule has 0 spiro atoms. The third kappa shape index (κ3) is 5.44. The fourth-order valence-electron chi connectivity index (χ4n) is 2.88. The summed E-state index contributed by atoms with van der Waals surface area (Å²) in [5, 5.41) is 20.8. The molecule has 0 aliphatic carbocycles. The summed E-state index contributed by atoms with van der Waals surface area (Å²) in [4.78, 5) is 18.1. The molecule has 1 amide bonds. The molecule has 8 nitrogen and oxygen atoms in total. The van der Waals surface area contributed by atoms with Crippen LogP contribution in [0.5, 0.6) is 0 Å². The number of nitriles is 2. The molecule has 3 rings (SSSR count). The lowest BCUT2D eigenvalue weighted by Crippen LogP contribution is -2.32. The second kappa shape index (κ2) is 10.6. The van der Waals surface area contributed by atoms with Crippen LogP contribution in [0.4, 0.5) is 5.13 Å². The third-order valence-corrected chi connectivity index (χ3v) is 8.09. The number of hydrogen-bond acceptors (Lipinski definition) is 8. The number of hydrogen-bond donors (Lipinski definition) is 1. The fraction of sp³-hybridized carbons (Fsp3) is 0.238. The summed E-state index contributed by atoms with van der Waals surface area (Å²) in [6.45, 7) is -0.00276. The van der Waals surface area contributed by atoms with Crippen LogP contribution >= 0.6 is 23.1 Å². The Morgan fingerprint density at radius 2 is 1.78 bits per heavy atom. The largest absolute Gasteiger partial charge is 0.298 e. The molecule has 3 aromatic rings. The van der Waals surface area contributed by atoms with Crippen LogP contribution in [-0.2, 0) is 10.0 Å². The van der Waals surface area contributed by atoms with E-state index in [1.54, 1.807) is 11.8 Å². The Bertz CT molecular complexity index is 1290. The summed E-state index contributed by atoms with van der Waals surface area (Å²) >= 11 is 2.99. The molecule has 2 aromatic carbocycles. The van der Waals surface area contributed by atoms with Gasteiger partial charge in [0.2, 0.25) is 10.0 Å². The lowest BCUT2D eigenvalue weighted by Gasteiger charge is -2.20. The molecule has 11 heteroatoms. The van der Waals surface area contributed by atoms with Crippen molar-refractivity contribution in [3.05, 3.63) is 48.0 Å². The number of thioether (sulfide) groups is 1. The number of thiazole rings is 1. The number of aromatic nitrogens is 1. The van der Waals surface area contributed by atoms with Crippen LogP contribution in [0.3, 0.4) is 0 Å².